The van der Waals surface area contributed by atoms with E-state index in [-0.39, 0.29) is 17.0 Å². The molecule has 0 aliphatic rings. The monoisotopic (exact) mass is 367 g/mol. The van der Waals surface area contributed by atoms with Crippen LogP contribution in [0.5, 0.6) is 0 Å². The molecular weight excluding hydrogens is 353 g/mol. The number of nitrogens with one attached hydrogen (secondary N) is 1. The number of benzene rings is 2. The van der Waals surface area contributed by atoms with Crippen molar-refractivity contribution in [1.82, 2.24) is 0 Å². The lowest BCUT2D eigenvalue weighted by Gasteiger charge is -2.13. The summed E-state index contributed by atoms with van der Waals surface area (Å²) in [5.41, 5.74) is 1.87. The second kappa shape index (κ2) is 7.09. The minimum absolute atomic E-state index is 0.0890. The molecule has 1 amide bonds. The second-order valence-electron chi connectivity index (χ2n) is 4.69. The predicted octanol–water partition coefficient (Wildman–Crippen LogP) is 5.02. The minimum Gasteiger partial charge on any atom is -0.324 e. The molecule has 5 heteroatoms. The van der Waals surface area contributed by atoms with Gasteiger partial charge in [-0.05, 0) is 71.7 Å². The van der Waals surface area contributed by atoms with Gasteiger partial charge in [-0.15, -0.1) is 11.8 Å². The molecule has 21 heavy (non-hydrogen) atoms. The van der Waals surface area contributed by atoms with Gasteiger partial charge in [-0.25, -0.2) is 4.39 Å². The molecule has 0 aliphatic heterocycles. The number of rotatable bonds is 4. The van der Waals surface area contributed by atoms with Crippen LogP contribution in [-0.4, -0.2) is 11.2 Å². The molecule has 0 saturated carbocycles. The lowest BCUT2D eigenvalue weighted by molar-refractivity contribution is -0.115. The largest absolute Gasteiger partial charge is 0.324 e. The smallest absolute Gasteiger partial charge is 0.237 e. The Morgan fingerprint density at radius 2 is 1.90 bits per heavy atom. The van der Waals surface area contributed by atoms with Crippen molar-refractivity contribution in [2.24, 2.45) is 0 Å². The Bertz CT molecular complexity index is 645. The first kappa shape index (κ1) is 16.0. The van der Waals surface area contributed by atoms with Gasteiger partial charge in [-0.2, -0.15) is 0 Å². The normalized spacial score (nSPS) is 12.0. The van der Waals surface area contributed by atoms with Gasteiger partial charge in [-0.3, -0.25) is 4.79 Å². The lowest BCUT2D eigenvalue weighted by Crippen LogP contribution is -2.22. The van der Waals surface area contributed by atoms with Crippen molar-refractivity contribution < 1.29 is 9.18 Å². The van der Waals surface area contributed by atoms with E-state index in [2.05, 4.69) is 21.2 Å². The van der Waals surface area contributed by atoms with E-state index < -0.39 is 0 Å². The van der Waals surface area contributed by atoms with Crippen molar-refractivity contribution in [3.05, 3.63) is 58.3 Å². The molecule has 1 atom stereocenters. The van der Waals surface area contributed by atoms with Gasteiger partial charge in [0, 0.05) is 9.37 Å². The molecule has 110 valence electrons. The van der Waals surface area contributed by atoms with Crippen LogP contribution >= 0.6 is 27.7 Å². The molecule has 0 fully saturated rings. The summed E-state index contributed by atoms with van der Waals surface area (Å²) in [4.78, 5) is 13.1. The van der Waals surface area contributed by atoms with E-state index in [0.29, 0.717) is 0 Å². The fourth-order valence-electron chi connectivity index (χ4n) is 1.73. The van der Waals surface area contributed by atoms with Gasteiger partial charge < -0.3 is 5.32 Å². The van der Waals surface area contributed by atoms with E-state index >= 15 is 0 Å². The SMILES string of the molecule is Cc1ccc(NC(=O)[C@H](C)Sc2ccc(F)cc2)c(Br)c1. The summed E-state index contributed by atoms with van der Waals surface area (Å²) in [6, 6.07) is 11.9. The summed E-state index contributed by atoms with van der Waals surface area (Å²) in [6.07, 6.45) is 0. The summed E-state index contributed by atoms with van der Waals surface area (Å²) < 4.78 is 13.7. The van der Waals surface area contributed by atoms with Gasteiger partial charge in [0.15, 0.2) is 0 Å². The first-order valence-electron chi connectivity index (χ1n) is 6.45. The molecule has 0 aliphatic carbocycles. The zero-order chi connectivity index (χ0) is 15.4. The third-order valence-electron chi connectivity index (χ3n) is 2.88. The van der Waals surface area contributed by atoms with Crippen LogP contribution in [0.25, 0.3) is 0 Å². The van der Waals surface area contributed by atoms with Crippen molar-refractivity contribution in [1.29, 1.82) is 0 Å². The van der Waals surface area contributed by atoms with Crippen molar-refractivity contribution in [3.63, 3.8) is 0 Å². The predicted molar refractivity (Wildman–Crippen MR) is 89.2 cm³/mol. The number of hydrogen-bond donors (Lipinski definition) is 1. The number of thioether (sulfide) groups is 1. The number of halogens is 2. The van der Waals surface area contributed by atoms with Crippen molar-refractivity contribution in [2.45, 2.75) is 24.0 Å². The number of aryl methyl sites for hydroxylation is 1. The summed E-state index contributed by atoms with van der Waals surface area (Å²) in [5.74, 6) is -0.367. The number of amides is 1. The first-order valence-corrected chi connectivity index (χ1v) is 8.12. The van der Waals surface area contributed by atoms with E-state index in [0.717, 1.165) is 20.6 Å². The highest BCUT2D eigenvalue weighted by atomic mass is 79.9. The average Bonchev–Trinajstić information content (AvgIpc) is 2.44. The van der Waals surface area contributed by atoms with Crippen molar-refractivity contribution >= 4 is 39.3 Å². The van der Waals surface area contributed by atoms with E-state index in [1.807, 2.05) is 32.0 Å². The fourth-order valence-corrected chi connectivity index (χ4v) is 3.19. The van der Waals surface area contributed by atoms with Crippen LogP contribution in [0.15, 0.2) is 51.8 Å². The highest BCUT2D eigenvalue weighted by molar-refractivity contribution is 9.10. The zero-order valence-corrected chi connectivity index (χ0v) is 14.1. The molecule has 2 aromatic carbocycles. The van der Waals surface area contributed by atoms with Gasteiger partial charge in [0.25, 0.3) is 0 Å². The van der Waals surface area contributed by atoms with E-state index in [1.165, 1.54) is 23.9 Å². The zero-order valence-electron chi connectivity index (χ0n) is 11.7. The Hall–Kier alpha value is -1.33. The van der Waals surface area contributed by atoms with E-state index in [9.17, 15) is 9.18 Å². The Labute approximate surface area is 136 Å². The number of carbonyl (C=O) groups excluding carboxylic acids is 1. The van der Waals surface area contributed by atoms with E-state index in [1.54, 1.807) is 12.1 Å². The first-order chi connectivity index (χ1) is 9.95. The highest BCUT2D eigenvalue weighted by Gasteiger charge is 2.15. The number of hydrogen-bond acceptors (Lipinski definition) is 2. The van der Waals surface area contributed by atoms with Crippen LogP contribution < -0.4 is 5.32 Å². The standard InChI is InChI=1S/C16H15BrFNOS/c1-10-3-8-15(14(17)9-10)19-16(20)11(2)21-13-6-4-12(18)5-7-13/h3-9,11H,1-2H3,(H,19,20)/t11-/m0/s1. The van der Waals surface area contributed by atoms with Crippen LogP contribution in [0.2, 0.25) is 0 Å². The fraction of sp³-hybridized carbons (Fsp3) is 0.188. The maximum Gasteiger partial charge on any atom is 0.237 e. The van der Waals surface area contributed by atoms with E-state index in [4.69, 9.17) is 0 Å². The van der Waals surface area contributed by atoms with Crippen LogP contribution in [0, 0.1) is 12.7 Å². The number of anilines is 1. The molecule has 2 aromatic rings. The van der Waals surface area contributed by atoms with Crippen LogP contribution in [0.4, 0.5) is 10.1 Å². The maximum atomic E-state index is 12.9. The van der Waals surface area contributed by atoms with Crippen molar-refractivity contribution in [2.75, 3.05) is 5.32 Å². The third kappa shape index (κ3) is 4.58. The molecule has 0 heterocycles. The maximum absolute atomic E-state index is 12.9. The molecule has 0 radical (unpaired) electrons. The van der Waals surface area contributed by atoms with Gasteiger partial charge >= 0.3 is 0 Å². The van der Waals surface area contributed by atoms with Crippen LogP contribution in [0.1, 0.15) is 12.5 Å². The van der Waals surface area contributed by atoms with Gasteiger partial charge in [0.05, 0.1) is 10.9 Å². The summed E-state index contributed by atoms with van der Waals surface area (Å²) in [6.45, 7) is 3.81. The average molecular weight is 368 g/mol. The highest BCUT2D eigenvalue weighted by Crippen LogP contribution is 2.27. The second-order valence-corrected chi connectivity index (χ2v) is 6.96. The van der Waals surface area contributed by atoms with Gasteiger partial charge in [0.1, 0.15) is 5.82 Å². The molecule has 0 bridgehead atoms. The Morgan fingerprint density at radius 1 is 1.24 bits per heavy atom. The quantitative estimate of drug-likeness (QED) is 0.769. The summed E-state index contributed by atoms with van der Waals surface area (Å²) >= 11 is 4.83. The van der Waals surface area contributed by atoms with Gasteiger partial charge in [0.2, 0.25) is 5.91 Å². The molecule has 2 rings (SSSR count). The van der Waals surface area contributed by atoms with Crippen LogP contribution in [0.3, 0.4) is 0 Å². The summed E-state index contributed by atoms with van der Waals surface area (Å²) in [5, 5.41) is 2.61. The van der Waals surface area contributed by atoms with Gasteiger partial charge in [-0.1, -0.05) is 6.07 Å². The number of carbonyl (C=O) groups is 1. The van der Waals surface area contributed by atoms with Crippen LogP contribution in [-0.2, 0) is 4.79 Å². The lowest BCUT2D eigenvalue weighted by atomic mass is 10.2. The Balaban J connectivity index is 2.00. The summed E-state index contributed by atoms with van der Waals surface area (Å²) in [7, 11) is 0. The molecule has 0 aromatic heterocycles. The molecule has 2 nitrogen and oxygen atoms in total. The topological polar surface area (TPSA) is 29.1 Å². The molecule has 1 N–H and O–H groups in total. The molecule has 0 unspecified atom stereocenters. The van der Waals surface area contributed by atoms with Crippen molar-refractivity contribution in [3.8, 4) is 0 Å². The third-order valence-corrected chi connectivity index (χ3v) is 4.65. The Morgan fingerprint density at radius 3 is 2.52 bits per heavy atom. The minimum atomic E-state index is -0.278. The molecule has 0 spiro atoms. The molecule has 0 saturated heterocycles. The molecular formula is C16H15BrFNOS. The Kier molecular flexibility index (Phi) is 5.42.